The number of ether oxygens (including phenoxy) is 1. The minimum Gasteiger partial charge on any atom is -0.444 e. The quantitative estimate of drug-likeness (QED) is 0.854. The van der Waals surface area contributed by atoms with Gasteiger partial charge in [-0.3, -0.25) is 0 Å². The first kappa shape index (κ1) is 16.3. The zero-order valence-electron chi connectivity index (χ0n) is 13.2. The first-order valence-electron chi connectivity index (χ1n) is 7.59. The van der Waals surface area contributed by atoms with Crippen LogP contribution in [-0.4, -0.2) is 42.3 Å². The molecule has 1 N–H and O–H groups in total. The van der Waals surface area contributed by atoms with Crippen molar-refractivity contribution in [1.29, 1.82) is 0 Å². The summed E-state index contributed by atoms with van der Waals surface area (Å²) in [6.07, 6.45) is 3.13. The van der Waals surface area contributed by atoms with Crippen LogP contribution in [0.3, 0.4) is 0 Å². The van der Waals surface area contributed by atoms with Crippen LogP contribution >= 0.6 is 0 Å². The Morgan fingerprint density at radius 1 is 1.32 bits per heavy atom. The van der Waals surface area contributed by atoms with Crippen LogP contribution in [0.4, 0.5) is 4.79 Å². The van der Waals surface area contributed by atoms with E-state index in [1.165, 1.54) is 0 Å². The molecule has 4 nitrogen and oxygen atoms in total. The molecule has 1 amide bonds. The largest absolute Gasteiger partial charge is 0.444 e. The monoisotopic (exact) mass is 270 g/mol. The predicted molar refractivity (Wildman–Crippen MR) is 78.3 cm³/mol. The molecule has 1 rings (SSSR count). The molecule has 0 radical (unpaired) electrons. The molecular formula is C15H30N2O2. The SMILES string of the molecule is CCC(C1CCNCC1)N(CC)C(=O)OC(C)(C)C. The molecule has 19 heavy (non-hydrogen) atoms. The third-order valence-electron chi connectivity index (χ3n) is 3.72. The van der Waals surface area contributed by atoms with Crippen molar-refractivity contribution in [2.45, 2.75) is 65.5 Å². The Labute approximate surface area is 117 Å². The van der Waals surface area contributed by atoms with Crippen molar-refractivity contribution in [1.82, 2.24) is 10.2 Å². The Morgan fingerprint density at radius 3 is 2.32 bits per heavy atom. The molecule has 0 bridgehead atoms. The molecule has 1 aliphatic rings. The van der Waals surface area contributed by atoms with Crippen LogP contribution in [0.5, 0.6) is 0 Å². The molecule has 0 aromatic rings. The van der Waals surface area contributed by atoms with Crippen molar-refractivity contribution >= 4 is 6.09 Å². The summed E-state index contributed by atoms with van der Waals surface area (Å²) in [4.78, 5) is 14.2. The standard InChI is InChI=1S/C15H30N2O2/c1-6-13(12-8-10-16-11-9-12)17(7-2)14(18)19-15(3,4)5/h12-13,16H,6-11H2,1-5H3. The van der Waals surface area contributed by atoms with Gasteiger partial charge in [-0.15, -0.1) is 0 Å². The lowest BCUT2D eigenvalue weighted by atomic mass is 9.88. The molecule has 1 aliphatic heterocycles. The van der Waals surface area contributed by atoms with Gasteiger partial charge in [-0.05, 0) is 66.0 Å². The molecule has 112 valence electrons. The first-order chi connectivity index (χ1) is 8.89. The van der Waals surface area contributed by atoms with Crippen LogP contribution in [0.2, 0.25) is 0 Å². The van der Waals surface area contributed by atoms with Gasteiger partial charge in [-0.1, -0.05) is 6.92 Å². The van der Waals surface area contributed by atoms with E-state index >= 15 is 0 Å². The fourth-order valence-corrected chi connectivity index (χ4v) is 2.86. The van der Waals surface area contributed by atoms with E-state index in [2.05, 4.69) is 12.2 Å². The maximum atomic E-state index is 12.3. The average molecular weight is 270 g/mol. The molecular weight excluding hydrogens is 240 g/mol. The van der Waals surface area contributed by atoms with Crippen molar-refractivity contribution in [3.63, 3.8) is 0 Å². The van der Waals surface area contributed by atoms with Crippen LogP contribution in [0.15, 0.2) is 0 Å². The summed E-state index contributed by atoms with van der Waals surface area (Å²) in [7, 11) is 0. The van der Waals surface area contributed by atoms with Gasteiger partial charge >= 0.3 is 6.09 Å². The van der Waals surface area contributed by atoms with Gasteiger partial charge in [0.15, 0.2) is 0 Å². The van der Waals surface area contributed by atoms with E-state index in [0.717, 1.165) is 38.9 Å². The van der Waals surface area contributed by atoms with E-state index in [4.69, 9.17) is 4.74 Å². The van der Waals surface area contributed by atoms with Gasteiger partial charge in [0.2, 0.25) is 0 Å². The van der Waals surface area contributed by atoms with Gasteiger partial charge in [0, 0.05) is 12.6 Å². The lowest BCUT2D eigenvalue weighted by Crippen LogP contribution is -2.48. The summed E-state index contributed by atoms with van der Waals surface area (Å²) in [5, 5.41) is 3.38. The Morgan fingerprint density at radius 2 is 1.89 bits per heavy atom. The summed E-state index contributed by atoms with van der Waals surface area (Å²) >= 11 is 0. The number of hydrogen-bond acceptors (Lipinski definition) is 3. The number of nitrogens with one attached hydrogen (secondary N) is 1. The van der Waals surface area contributed by atoms with Gasteiger partial charge in [0.05, 0.1) is 0 Å². The van der Waals surface area contributed by atoms with E-state index in [1.807, 2.05) is 32.6 Å². The Hall–Kier alpha value is -0.770. The highest BCUT2D eigenvalue weighted by atomic mass is 16.6. The highest BCUT2D eigenvalue weighted by molar-refractivity contribution is 5.68. The summed E-state index contributed by atoms with van der Waals surface area (Å²) in [5.74, 6) is 0.596. The highest BCUT2D eigenvalue weighted by Gasteiger charge is 2.32. The molecule has 4 heteroatoms. The smallest absolute Gasteiger partial charge is 0.410 e. The Kier molecular flexibility index (Phi) is 6.11. The minimum absolute atomic E-state index is 0.166. The third-order valence-corrected chi connectivity index (χ3v) is 3.72. The Balaban J connectivity index is 2.71. The third kappa shape index (κ3) is 5.01. The maximum absolute atomic E-state index is 12.3. The van der Waals surface area contributed by atoms with Crippen LogP contribution < -0.4 is 5.32 Å². The second-order valence-corrected chi connectivity index (χ2v) is 6.33. The average Bonchev–Trinajstić information content (AvgIpc) is 2.34. The lowest BCUT2D eigenvalue weighted by Gasteiger charge is -2.38. The zero-order chi connectivity index (χ0) is 14.5. The topological polar surface area (TPSA) is 41.6 Å². The normalized spacial score (nSPS) is 19.0. The van der Waals surface area contributed by atoms with Crippen molar-refractivity contribution in [2.75, 3.05) is 19.6 Å². The molecule has 0 saturated carbocycles. The molecule has 1 unspecified atom stereocenters. The summed E-state index contributed by atoms with van der Waals surface area (Å²) in [6, 6.07) is 0.307. The van der Waals surface area contributed by atoms with Crippen LogP contribution in [0.1, 0.15) is 53.9 Å². The number of hydrogen-bond donors (Lipinski definition) is 1. The van der Waals surface area contributed by atoms with E-state index < -0.39 is 5.60 Å². The molecule has 0 aromatic carbocycles. The number of carbonyl (C=O) groups excluding carboxylic acids is 1. The van der Waals surface area contributed by atoms with Crippen LogP contribution in [-0.2, 0) is 4.74 Å². The first-order valence-corrected chi connectivity index (χ1v) is 7.59. The summed E-state index contributed by atoms with van der Waals surface area (Å²) in [6.45, 7) is 12.8. The molecule has 1 fully saturated rings. The minimum atomic E-state index is -0.420. The van der Waals surface area contributed by atoms with Gasteiger partial charge in [-0.2, -0.15) is 0 Å². The predicted octanol–water partition coefficient (Wildman–Crippen LogP) is 3.02. The number of nitrogens with zero attached hydrogens (tertiary/aromatic N) is 1. The maximum Gasteiger partial charge on any atom is 0.410 e. The lowest BCUT2D eigenvalue weighted by molar-refractivity contribution is 0.00804. The second-order valence-electron chi connectivity index (χ2n) is 6.33. The van der Waals surface area contributed by atoms with E-state index in [9.17, 15) is 4.79 Å². The fourth-order valence-electron chi connectivity index (χ4n) is 2.86. The van der Waals surface area contributed by atoms with Crippen molar-refractivity contribution < 1.29 is 9.53 Å². The molecule has 0 aliphatic carbocycles. The fraction of sp³-hybridized carbons (Fsp3) is 0.933. The molecule has 1 atom stereocenters. The van der Waals surface area contributed by atoms with Crippen molar-refractivity contribution in [3.05, 3.63) is 0 Å². The molecule has 1 heterocycles. The number of amides is 1. The highest BCUT2D eigenvalue weighted by Crippen LogP contribution is 2.25. The van der Waals surface area contributed by atoms with E-state index in [0.29, 0.717) is 12.0 Å². The van der Waals surface area contributed by atoms with Crippen molar-refractivity contribution in [2.24, 2.45) is 5.92 Å². The van der Waals surface area contributed by atoms with Gasteiger partial charge in [0.25, 0.3) is 0 Å². The second kappa shape index (κ2) is 7.13. The van der Waals surface area contributed by atoms with Gasteiger partial charge < -0.3 is 15.0 Å². The van der Waals surface area contributed by atoms with Crippen LogP contribution in [0.25, 0.3) is 0 Å². The van der Waals surface area contributed by atoms with E-state index in [-0.39, 0.29) is 6.09 Å². The zero-order valence-corrected chi connectivity index (χ0v) is 13.2. The van der Waals surface area contributed by atoms with Gasteiger partial charge in [-0.25, -0.2) is 4.79 Å². The van der Waals surface area contributed by atoms with Crippen LogP contribution in [0, 0.1) is 5.92 Å². The van der Waals surface area contributed by atoms with Crippen molar-refractivity contribution in [3.8, 4) is 0 Å². The van der Waals surface area contributed by atoms with Gasteiger partial charge in [0.1, 0.15) is 5.60 Å². The molecule has 1 saturated heterocycles. The summed E-state index contributed by atoms with van der Waals surface area (Å²) in [5.41, 5.74) is -0.420. The molecule has 0 spiro atoms. The number of rotatable bonds is 4. The number of piperidine rings is 1. The molecule has 0 aromatic heterocycles. The number of carbonyl (C=O) groups is 1. The summed E-state index contributed by atoms with van der Waals surface area (Å²) < 4.78 is 5.54. The van der Waals surface area contributed by atoms with E-state index in [1.54, 1.807) is 0 Å². The Bertz CT molecular complexity index is 280.